The largest absolute Gasteiger partial charge is 0.468 e. The number of rotatable bonds is 5. The Bertz CT molecular complexity index is 5380. The average molecular weight is 1310 g/mol. The summed E-state index contributed by atoms with van der Waals surface area (Å²) in [6.07, 6.45) is 10.4. The van der Waals surface area contributed by atoms with Crippen molar-refractivity contribution in [3.63, 3.8) is 0 Å². The van der Waals surface area contributed by atoms with Crippen molar-refractivity contribution < 1.29 is 8.83 Å². The second-order valence-electron chi connectivity index (χ2n) is 38.2. The van der Waals surface area contributed by atoms with Crippen LogP contribution in [0.4, 0.5) is 51.2 Å². The predicted molar refractivity (Wildman–Crippen MR) is 422 cm³/mol. The van der Waals surface area contributed by atoms with Crippen LogP contribution in [0.3, 0.4) is 0 Å². The summed E-state index contributed by atoms with van der Waals surface area (Å²) in [4.78, 5) is 8.09. The highest BCUT2D eigenvalue weighted by atomic mass is 16.3. The van der Waals surface area contributed by atoms with Gasteiger partial charge in [-0.15, -0.1) is 0 Å². The summed E-state index contributed by atoms with van der Waals surface area (Å²) in [5.41, 5.74) is 32.1. The zero-order valence-electron chi connectivity index (χ0n) is 62.8. The molecule has 0 radical (unpaired) electrons. The SMILES string of the molecule is CC(C)(C)c1ccc(N(c2cc3c4c(c2)N(c2ccc5c(c2)C(C)(C)CCC5(C)C)c2c(oc5cc6c(cc25)C(C)(C)CCC6(C)C)B4c2cc4c(cc2N3c2cccc3c2-c2ccccc2C32CC3CCC2(C)C3(C)C)C(C)(C)CCC4(C)C)c2cccc3c2oc2ccccc23)cc1. The van der Waals surface area contributed by atoms with E-state index in [0.29, 0.717) is 5.92 Å². The Hall–Kier alpha value is -8.22. The zero-order chi connectivity index (χ0) is 69.5. The van der Waals surface area contributed by atoms with E-state index in [0.717, 1.165) is 101 Å². The van der Waals surface area contributed by atoms with Gasteiger partial charge in [0.15, 0.2) is 5.58 Å². The van der Waals surface area contributed by atoms with E-state index in [9.17, 15) is 0 Å². The molecule has 2 aliphatic heterocycles. The number of furan rings is 2. The van der Waals surface area contributed by atoms with Gasteiger partial charge >= 0.3 is 0 Å². The molecule has 6 aliphatic carbocycles. The van der Waals surface area contributed by atoms with Crippen LogP contribution in [0.1, 0.15) is 232 Å². The van der Waals surface area contributed by atoms with Gasteiger partial charge in [0.05, 0.1) is 28.4 Å². The van der Waals surface area contributed by atoms with Crippen LogP contribution >= 0.6 is 0 Å². The molecule has 0 N–H and O–H groups in total. The standard InChI is InChI=1S/C94H100BN3O2/c1-85(2,3)55-33-35-57(36-34-55)96(74-31-23-27-61-60-25-20-22-32-78(60)99-83(61)74)59-48-76-81-77(49-59)98(73-30-24-29-66-80(73)62-26-19-21-28-64(62)94(66)54-56-39-40-93(94,18)92(56,16)17)75-52-70-69(89(10,11)44-45-90(70,12)13)51-72(75)95(81)84-82(63-50-68-71(53-79(63)100-84)91(14,15)46-43-88(68,8)9)97(76)58-37-38-65-67(47-58)87(6,7)42-41-86(65,4)5/h19-38,47-53,56H,39-46,54H2,1-18H3. The first-order valence-electron chi connectivity index (χ1n) is 38.0. The van der Waals surface area contributed by atoms with Gasteiger partial charge in [-0.05, 0) is 252 Å². The smallest absolute Gasteiger partial charge is 0.297 e. The predicted octanol–water partition coefficient (Wildman–Crippen LogP) is 24.3. The molecule has 100 heavy (non-hydrogen) atoms. The number of anilines is 9. The van der Waals surface area contributed by atoms with Gasteiger partial charge in [-0.2, -0.15) is 0 Å². The molecule has 2 bridgehead atoms. The van der Waals surface area contributed by atoms with Gasteiger partial charge in [-0.3, -0.25) is 0 Å². The van der Waals surface area contributed by atoms with E-state index in [1.165, 1.54) is 119 Å². The normalized spacial score (nSPS) is 23.6. The van der Waals surface area contributed by atoms with Crippen LogP contribution in [0.25, 0.3) is 44.0 Å². The minimum Gasteiger partial charge on any atom is -0.468 e. The van der Waals surface area contributed by atoms with Crippen molar-refractivity contribution in [2.45, 2.75) is 226 Å². The summed E-state index contributed by atoms with van der Waals surface area (Å²) in [6.45, 7) is 44.5. The van der Waals surface area contributed by atoms with Gasteiger partial charge in [0, 0.05) is 55.6 Å². The fraction of sp³-hybridized carbons (Fsp3) is 0.404. The van der Waals surface area contributed by atoms with Crippen molar-refractivity contribution >= 4 is 107 Å². The van der Waals surface area contributed by atoms with E-state index < -0.39 is 0 Å². The fourth-order valence-electron chi connectivity index (χ4n) is 22.1. The van der Waals surface area contributed by atoms with Crippen molar-refractivity contribution in [1.29, 1.82) is 0 Å². The van der Waals surface area contributed by atoms with Crippen molar-refractivity contribution in [2.24, 2.45) is 16.7 Å². The lowest BCUT2D eigenvalue weighted by molar-refractivity contribution is 0.0990. The Balaban J connectivity index is 0.998. The molecule has 2 fully saturated rings. The van der Waals surface area contributed by atoms with Gasteiger partial charge < -0.3 is 23.5 Å². The topological polar surface area (TPSA) is 36.0 Å². The van der Waals surface area contributed by atoms with Crippen molar-refractivity contribution in [3.05, 3.63) is 214 Å². The first kappa shape index (κ1) is 62.8. The lowest BCUT2D eigenvalue weighted by Crippen LogP contribution is -2.61. The van der Waals surface area contributed by atoms with Crippen LogP contribution in [0, 0.1) is 16.7 Å². The first-order chi connectivity index (χ1) is 47.3. The van der Waals surface area contributed by atoms with Crippen LogP contribution in [-0.4, -0.2) is 6.71 Å². The highest BCUT2D eigenvalue weighted by Gasteiger charge is 2.72. The first-order valence-corrected chi connectivity index (χ1v) is 38.0. The molecule has 506 valence electrons. The Kier molecular flexibility index (Phi) is 12.5. The lowest BCUT2D eigenvalue weighted by atomic mass is 9.35. The van der Waals surface area contributed by atoms with E-state index in [2.05, 4.69) is 303 Å². The van der Waals surface area contributed by atoms with Crippen LogP contribution < -0.4 is 31.3 Å². The Labute approximate surface area is 594 Å². The molecule has 3 unspecified atom stereocenters. The van der Waals surface area contributed by atoms with Crippen LogP contribution in [0.5, 0.6) is 0 Å². The van der Waals surface area contributed by atoms with E-state index in [1.807, 2.05) is 0 Å². The van der Waals surface area contributed by atoms with Gasteiger partial charge in [-0.25, -0.2) is 0 Å². The quantitative estimate of drug-likeness (QED) is 0.161. The molecule has 2 aromatic heterocycles. The lowest BCUT2D eigenvalue weighted by Gasteiger charge is -2.48. The summed E-state index contributed by atoms with van der Waals surface area (Å²) in [7, 11) is 0. The average Bonchev–Trinajstić information content (AvgIpc) is 1.46. The van der Waals surface area contributed by atoms with Crippen LogP contribution in [0.2, 0.25) is 0 Å². The molecule has 3 atom stereocenters. The molecule has 9 aromatic carbocycles. The number of hydrogen-bond donors (Lipinski definition) is 0. The number of benzene rings is 9. The van der Waals surface area contributed by atoms with Crippen LogP contribution in [-0.2, 0) is 43.3 Å². The van der Waals surface area contributed by atoms with Gasteiger partial charge in [0.2, 0.25) is 0 Å². The molecular formula is C94H100BN3O2. The monoisotopic (exact) mass is 1310 g/mol. The van der Waals surface area contributed by atoms with E-state index in [1.54, 1.807) is 0 Å². The molecule has 19 rings (SSSR count). The summed E-state index contributed by atoms with van der Waals surface area (Å²) in [6, 6.07) is 65.5. The van der Waals surface area contributed by atoms with Crippen molar-refractivity contribution in [2.75, 3.05) is 14.7 Å². The zero-order valence-corrected chi connectivity index (χ0v) is 62.8. The molecule has 0 amide bonds. The third-order valence-electron chi connectivity index (χ3n) is 28.9. The molecule has 4 heterocycles. The molecule has 5 nitrogen and oxygen atoms in total. The molecule has 11 aromatic rings. The summed E-state index contributed by atoms with van der Waals surface area (Å²) in [5.74, 6) is 0.629. The van der Waals surface area contributed by atoms with Gasteiger partial charge in [0.1, 0.15) is 11.2 Å². The molecule has 0 saturated heterocycles. The summed E-state index contributed by atoms with van der Waals surface area (Å²) in [5, 5.41) is 3.40. The Morgan fingerprint density at radius 2 is 1.02 bits per heavy atom. The fourth-order valence-corrected chi connectivity index (χ4v) is 22.1. The highest BCUT2D eigenvalue weighted by molar-refractivity contribution is 7.00. The Morgan fingerprint density at radius 3 is 1.68 bits per heavy atom. The number of nitrogens with zero attached hydrogens (tertiary/aromatic N) is 3. The van der Waals surface area contributed by atoms with Crippen molar-refractivity contribution in [1.82, 2.24) is 0 Å². The van der Waals surface area contributed by atoms with Crippen LogP contribution in [0.15, 0.2) is 173 Å². The maximum atomic E-state index is 8.13. The summed E-state index contributed by atoms with van der Waals surface area (Å²) < 4.78 is 15.4. The minimum absolute atomic E-state index is 0.0190. The van der Waals surface area contributed by atoms with E-state index >= 15 is 0 Å². The second-order valence-corrected chi connectivity index (χ2v) is 38.2. The molecule has 1 spiro atoms. The molecule has 6 heteroatoms. The van der Waals surface area contributed by atoms with Crippen molar-refractivity contribution in [3.8, 4) is 11.1 Å². The van der Waals surface area contributed by atoms with Gasteiger partial charge in [-0.1, -0.05) is 216 Å². The minimum atomic E-state index is -0.278. The number of para-hydroxylation sites is 2. The Morgan fingerprint density at radius 1 is 0.440 bits per heavy atom. The maximum absolute atomic E-state index is 8.13. The number of hydrogen-bond acceptors (Lipinski definition) is 5. The van der Waals surface area contributed by atoms with Gasteiger partial charge in [0.25, 0.3) is 6.71 Å². The third kappa shape index (κ3) is 8.14. The molecular weight excluding hydrogens is 1210 g/mol. The second kappa shape index (κ2) is 19.9. The highest BCUT2D eigenvalue weighted by Crippen LogP contribution is 2.79. The van der Waals surface area contributed by atoms with E-state index in [-0.39, 0.29) is 60.9 Å². The number of fused-ring (bicyclic) bond motifs is 20. The molecule has 2 saturated carbocycles. The maximum Gasteiger partial charge on any atom is 0.297 e. The summed E-state index contributed by atoms with van der Waals surface area (Å²) >= 11 is 0. The molecule has 8 aliphatic rings. The van der Waals surface area contributed by atoms with E-state index in [4.69, 9.17) is 8.83 Å². The third-order valence-corrected chi connectivity index (χ3v) is 28.9.